The summed E-state index contributed by atoms with van der Waals surface area (Å²) in [6.07, 6.45) is 6.21. The molecule has 0 aromatic heterocycles. The maximum absolute atomic E-state index is 5.17. The van der Waals surface area contributed by atoms with Gasteiger partial charge in [-0.2, -0.15) is 0 Å². The summed E-state index contributed by atoms with van der Waals surface area (Å²) < 4.78 is 1.90. The van der Waals surface area contributed by atoms with Gasteiger partial charge in [0.25, 0.3) is 0 Å². The van der Waals surface area contributed by atoms with Gasteiger partial charge < -0.3 is 0 Å². The van der Waals surface area contributed by atoms with Gasteiger partial charge in [-0.15, -0.1) is 12.3 Å². The average molecular weight is 124 g/mol. The average Bonchev–Trinajstić information content (AvgIpc) is 1.83. The molecule has 0 amide bonds. The number of hydrogen-bond acceptors (Lipinski definition) is 0. The SMILES string of the molecule is C#CC(C)CC[N+](=C)C. The van der Waals surface area contributed by atoms with Crippen LogP contribution in [0.3, 0.4) is 0 Å². The van der Waals surface area contributed by atoms with Crippen LogP contribution in [0.2, 0.25) is 0 Å². The van der Waals surface area contributed by atoms with Gasteiger partial charge in [0, 0.05) is 12.3 Å². The zero-order chi connectivity index (χ0) is 7.28. The zero-order valence-electron chi connectivity index (χ0n) is 6.22. The summed E-state index contributed by atoms with van der Waals surface area (Å²) >= 11 is 0. The number of terminal acetylenes is 1. The van der Waals surface area contributed by atoms with Crippen molar-refractivity contribution in [3.05, 3.63) is 0 Å². The molecule has 0 aromatic carbocycles. The van der Waals surface area contributed by atoms with E-state index in [1.54, 1.807) is 0 Å². The number of nitrogens with zero attached hydrogens (tertiary/aromatic N) is 1. The highest BCUT2D eigenvalue weighted by molar-refractivity contribution is 5.14. The molecule has 0 fully saturated rings. The molecule has 0 aromatic rings. The first-order valence-corrected chi connectivity index (χ1v) is 3.14. The van der Waals surface area contributed by atoms with E-state index in [1.807, 2.05) is 18.5 Å². The van der Waals surface area contributed by atoms with Crippen molar-refractivity contribution in [2.24, 2.45) is 5.92 Å². The Hall–Kier alpha value is -0.770. The summed E-state index contributed by atoms with van der Waals surface area (Å²) in [5.74, 6) is 3.05. The van der Waals surface area contributed by atoms with Gasteiger partial charge in [0.2, 0.25) is 0 Å². The van der Waals surface area contributed by atoms with Crippen LogP contribution in [0, 0.1) is 18.3 Å². The van der Waals surface area contributed by atoms with Gasteiger partial charge in [-0.05, 0) is 0 Å². The Labute approximate surface area is 57.4 Å². The number of rotatable bonds is 3. The van der Waals surface area contributed by atoms with Crippen molar-refractivity contribution in [1.29, 1.82) is 0 Å². The maximum Gasteiger partial charge on any atom is 0.143 e. The molecule has 0 rings (SSSR count). The van der Waals surface area contributed by atoms with Crippen LogP contribution in [0.25, 0.3) is 0 Å². The van der Waals surface area contributed by atoms with Crippen LogP contribution < -0.4 is 0 Å². The van der Waals surface area contributed by atoms with E-state index in [2.05, 4.69) is 12.6 Å². The Morgan fingerprint density at radius 3 is 2.67 bits per heavy atom. The monoisotopic (exact) mass is 124 g/mol. The van der Waals surface area contributed by atoms with Gasteiger partial charge in [-0.3, -0.25) is 0 Å². The predicted octanol–water partition coefficient (Wildman–Crippen LogP) is 0.989. The Balaban J connectivity index is 3.30. The third-order valence-electron chi connectivity index (χ3n) is 1.23. The fourth-order valence-corrected chi connectivity index (χ4v) is 0.497. The summed E-state index contributed by atoms with van der Waals surface area (Å²) in [7, 11) is 1.95. The van der Waals surface area contributed by atoms with Gasteiger partial charge in [-0.1, -0.05) is 6.92 Å². The van der Waals surface area contributed by atoms with Crippen molar-refractivity contribution < 1.29 is 4.58 Å². The summed E-state index contributed by atoms with van der Waals surface area (Å²) in [6.45, 7) is 6.73. The summed E-state index contributed by atoms with van der Waals surface area (Å²) in [5, 5.41) is 0. The van der Waals surface area contributed by atoms with E-state index in [1.165, 1.54) is 0 Å². The maximum atomic E-state index is 5.17. The molecule has 0 bridgehead atoms. The van der Waals surface area contributed by atoms with E-state index < -0.39 is 0 Å². The van der Waals surface area contributed by atoms with Crippen molar-refractivity contribution >= 4 is 6.72 Å². The molecule has 0 aliphatic rings. The van der Waals surface area contributed by atoms with Crippen LogP contribution in [-0.4, -0.2) is 24.9 Å². The van der Waals surface area contributed by atoms with E-state index in [-0.39, 0.29) is 0 Å². The van der Waals surface area contributed by atoms with Crippen LogP contribution in [0.5, 0.6) is 0 Å². The van der Waals surface area contributed by atoms with Crippen molar-refractivity contribution in [2.75, 3.05) is 13.6 Å². The Morgan fingerprint density at radius 1 is 1.78 bits per heavy atom. The molecule has 50 valence electrons. The normalized spacial score (nSPS) is 12.1. The Kier molecular flexibility index (Phi) is 3.79. The summed E-state index contributed by atoms with van der Waals surface area (Å²) in [6, 6.07) is 0. The third kappa shape index (κ3) is 5.10. The quantitative estimate of drug-likeness (QED) is 0.300. The lowest BCUT2D eigenvalue weighted by Gasteiger charge is -1.98. The highest BCUT2D eigenvalue weighted by Gasteiger charge is 1.98. The molecule has 0 spiro atoms. The second-order valence-corrected chi connectivity index (χ2v) is 2.44. The lowest BCUT2D eigenvalue weighted by Crippen LogP contribution is -2.07. The smallest absolute Gasteiger partial charge is 0.143 e. The molecule has 0 aliphatic heterocycles. The molecular weight excluding hydrogens is 110 g/mol. The highest BCUT2D eigenvalue weighted by atomic mass is 14.9. The van der Waals surface area contributed by atoms with Crippen LogP contribution in [0.15, 0.2) is 0 Å². The largest absolute Gasteiger partial charge is 0.245 e. The number of hydrogen-bond donors (Lipinski definition) is 0. The molecule has 0 heterocycles. The molecule has 0 radical (unpaired) electrons. The zero-order valence-corrected chi connectivity index (χ0v) is 6.22. The van der Waals surface area contributed by atoms with Gasteiger partial charge in [0.15, 0.2) is 0 Å². The molecule has 0 N–H and O–H groups in total. The van der Waals surface area contributed by atoms with Crippen LogP contribution in [0.4, 0.5) is 0 Å². The minimum atomic E-state index is 0.384. The van der Waals surface area contributed by atoms with Crippen molar-refractivity contribution in [3.8, 4) is 12.3 Å². The van der Waals surface area contributed by atoms with Gasteiger partial charge in [-0.25, -0.2) is 4.58 Å². The fourth-order valence-electron chi connectivity index (χ4n) is 0.497. The Morgan fingerprint density at radius 2 is 2.33 bits per heavy atom. The molecule has 9 heavy (non-hydrogen) atoms. The summed E-state index contributed by atoms with van der Waals surface area (Å²) in [4.78, 5) is 0. The van der Waals surface area contributed by atoms with E-state index >= 15 is 0 Å². The second-order valence-electron chi connectivity index (χ2n) is 2.44. The fraction of sp³-hybridized carbons (Fsp3) is 0.625. The van der Waals surface area contributed by atoms with Crippen molar-refractivity contribution in [1.82, 2.24) is 0 Å². The predicted molar refractivity (Wildman–Crippen MR) is 40.8 cm³/mol. The minimum Gasteiger partial charge on any atom is -0.245 e. The first-order valence-electron chi connectivity index (χ1n) is 3.14. The highest BCUT2D eigenvalue weighted by Crippen LogP contribution is 1.97. The first kappa shape index (κ1) is 8.23. The minimum absolute atomic E-state index is 0.384. The van der Waals surface area contributed by atoms with E-state index in [9.17, 15) is 0 Å². The second kappa shape index (κ2) is 4.14. The molecule has 0 saturated carbocycles. The van der Waals surface area contributed by atoms with Gasteiger partial charge >= 0.3 is 0 Å². The van der Waals surface area contributed by atoms with Crippen molar-refractivity contribution in [2.45, 2.75) is 13.3 Å². The Bertz CT molecular complexity index is 130. The molecule has 1 nitrogen and oxygen atoms in total. The van der Waals surface area contributed by atoms with Gasteiger partial charge in [0.1, 0.15) is 20.3 Å². The van der Waals surface area contributed by atoms with E-state index in [4.69, 9.17) is 6.42 Å². The molecule has 1 heteroatoms. The lowest BCUT2D eigenvalue weighted by molar-refractivity contribution is -0.489. The van der Waals surface area contributed by atoms with Gasteiger partial charge in [0.05, 0.1) is 0 Å². The molecule has 0 aliphatic carbocycles. The topological polar surface area (TPSA) is 3.01 Å². The van der Waals surface area contributed by atoms with Crippen LogP contribution >= 0.6 is 0 Å². The molecule has 0 saturated heterocycles. The molecule has 1 unspecified atom stereocenters. The standard InChI is InChI=1S/C8H14N/c1-5-8(2)6-7-9(3)4/h1,8H,3,6-7H2,2,4H3/q+1. The van der Waals surface area contributed by atoms with E-state index in [0.29, 0.717) is 5.92 Å². The third-order valence-corrected chi connectivity index (χ3v) is 1.23. The molecule has 1 atom stereocenters. The van der Waals surface area contributed by atoms with Crippen molar-refractivity contribution in [3.63, 3.8) is 0 Å². The first-order chi connectivity index (χ1) is 4.16. The molecular formula is C8H14N+. The lowest BCUT2D eigenvalue weighted by atomic mass is 10.1. The summed E-state index contributed by atoms with van der Waals surface area (Å²) in [5.41, 5.74) is 0. The van der Waals surface area contributed by atoms with E-state index in [0.717, 1.165) is 13.0 Å². The van der Waals surface area contributed by atoms with Crippen LogP contribution in [-0.2, 0) is 0 Å². The van der Waals surface area contributed by atoms with Crippen LogP contribution in [0.1, 0.15) is 13.3 Å².